The van der Waals surface area contributed by atoms with Gasteiger partial charge in [0, 0.05) is 18.3 Å². The average molecular weight is 257 g/mol. The first-order valence-corrected chi connectivity index (χ1v) is 7.22. The van der Waals surface area contributed by atoms with E-state index >= 15 is 0 Å². The highest BCUT2D eigenvalue weighted by Gasteiger charge is 2.34. The quantitative estimate of drug-likeness (QED) is 0.805. The predicted molar refractivity (Wildman–Crippen MR) is 75.2 cm³/mol. The Hall–Kier alpha value is -1.55. The summed E-state index contributed by atoms with van der Waals surface area (Å²) in [5, 5.41) is 10.1. The van der Waals surface area contributed by atoms with Crippen LogP contribution in [0.4, 0.5) is 5.82 Å². The van der Waals surface area contributed by atoms with E-state index in [0.29, 0.717) is 12.2 Å². The van der Waals surface area contributed by atoms with Crippen LogP contribution in [0, 0.1) is 0 Å². The number of hydrogen-bond acceptors (Lipinski definition) is 3. The van der Waals surface area contributed by atoms with Gasteiger partial charge in [-0.1, -0.05) is 18.2 Å². The van der Waals surface area contributed by atoms with Crippen molar-refractivity contribution < 1.29 is 4.74 Å². The van der Waals surface area contributed by atoms with Crippen LogP contribution in [0.15, 0.2) is 12.2 Å². The first kappa shape index (κ1) is 11.3. The summed E-state index contributed by atoms with van der Waals surface area (Å²) in [6, 6.07) is 0. The van der Waals surface area contributed by atoms with E-state index in [0.717, 1.165) is 37.1 Å². The van der Waals surface area contributed by atoms with Gasteiger partial charge in [0.05, 0.1) is 17.6 Å². The van der Waals surface area contributed by atoms with Crippen molar-refractivity contribution in [3.05, 3.63) is 22.7 Å². The number of aromatic amines is 1. The summed E-state index contributed by atoms with van der Waals surface area (Å²) in [5.41, 5.74) is 0. The molecule has 100 valence electrons. The van der Waals surface area contributed by atoms with Crippen LogP contribution in [-0.2, 0) is 4.74 Å². The molecule has 2 bridgehead atoms. The van der Waals surface area contributed by atoms with Gasteiger partial charge in [0.1, 0.15) is 0 Å². The normalized spacial score (nSPS) is 34.4. The van der Waals surface area contributed by atoms with Crippen LogP contribution >= 0.6 is 0 Å². The Balaban J connectivity index is 1.75. The number of nitrogens with one attached hydrogen (secondary N) is 1. The molecule has 0 spiro atoms. The summed E-state index contributed by atoms with van der Waals surface area (Å²) in [6.07, 6.45) is 14.2. The van der Waals surface area contributed by atoms with Crippen molar-refractivity contribution in [2.24, 2.45) is 0 Å². The molecule has 1 aliphatic carbocycles. The van der Waals surface area contributed by atoms with Crippen LogP contribution in [0.3, 0.4) is 0 Å². The van der Waals surface area contributed by atoms with Crippen molar-refractivity contribution >= 4 is 18.0 Å². The molecule has 19 heavy (non-hydrogen) atoms. The lowest BCUT2D eigenvalue weighted by Crippen LogP contribution is -2.45. The van der Waals surface area contributed by atoms with Crippen molar-refractivity contribution in [1.82, 2.24) is 10.2 Å². The molecule has 4 heteroatoms. The van der Waals surface area contributed by atoms with Crippen molar-refractivity contribution in [3.8, 4) is 0 Å². The Morgan fingerprint density at radius 1 is 1.21 bits per heavy atom. The summed E-state index contributed by atoms with van der Waals surface area (Å²) in [6.45, 7) is 1.96. The molecular weight excluding hydrogens is 238 g/mol. The number of hydrogen-bond donors (Lipinski definition) is 1. The number of fused-ring (bicyclic) bond motifs is 3. The van der Waals surface area contributed by atoms with E-state index in [9.17, 15) is 0 Å². The predicted octanol–water partition coefficient (Wildman–Crippen LogP) is 0.688. The third kappa shape index (κ3) is 2.00. The number of rotatable bonds is 1. The van der Waals surface area contributed by atoms with Crippen molar-refractivity contribution in [2.45, 2.75) is 37.9 Å². The molecule has 3 heterocycles. The second-order valence-electron chi connectivity index (χ2n) is 5.61. The Morgan fingerprint density at radius 3 is 2.89 bits per heavy atom. The third-order valence-electron chi connectivity index (χ3n) is 4.24. The molecule has 1 aromatic rings. The fourth-order valence-electron chi connectivity index (χ4n) is 3.29. The zero-order valence-corrected chi connectivity index (χ0v) is 11.0. The van der Waals surface area contributed by atoms with Gasteiger partial charge in [0.15, 0.2) is 5.82 Å². The highest BCUT2D eigenvalue weighted by Crippen LogP contribution is 2.27. The van der Waals surface area contributed by atoms with Crippen molar-refractivity contribution in [2.75, 3.05) is 18.0 Å². The van der Waals surface area contributed by atoms with Gasteiger partial charge in [-0.2, -0.15) is 5.10 Å². The molecule has 1 aromatic heterocycles. The van der Waals surface area contributed by atoms with Gasteiger partial charge in [-0.3, -0.25) is 5.10 Å². The Morgan fingerprint density at radius 2 is 2.05 bits per heavy atom. The maximum atomic E-state index is 5.90. The van der Waals surface area contributed by atoms with E-state index in [4.69, 9.17) is 4.74 Å². The number of ether oxygens (including phenoxy) is 1. The Labute approximate surface area is 112 Å². The fraction of sp³-hybridized carbons (Fsp3) is 0.533. The molecule has 4 rings (SSSR count). The molecule has 0 radical (unpaired) electrons. The van der Waals surface area contributed by atoms with Crippen LogP contribution in [0.5, 0.6) is 0 Å². The minimum absolute atomic E-state index is 0.402. The number of anilines is 1. The molecule has 0 saturated carbocycles. The highest BCUT2D eigenvalue weighted by molar-refractivity contribution is 5.52. The van der Waals surface area contributed by atoms with E-state index in [1.165, 1.54) is 18.1 Å². The molecule has 2 unspecified atom stereocenters. The number of allylic oxidation sites excluding steroid dienone is 2. The highest BCUT2D eigenvalue weighted by atomic mass is 16.5. The monoisotopic (exact) mass is 257 g/mol. The van der Waals surface area contributed by atoms with Crippen LogP contribution in [0.1, 0.15) is 25.7 Å². The molecule has 1 N–H and O–H groups in total. The van der Waals surface area contributed by atoms with Crippen LogP contribution in [0.25, 0.3) is 12.2 Å². The molecular formula is C15H19N3O. The lowest BCUT2D eigenvalue weighted by atomic mass is 10.2. The number of H-pyrrole nitrogens is 1. The maximum absolute atomic E-state index is 5.90. The van der Waals surface area contributed by atoms with E-state index in [1.807, 2.05) is 0 Å². The minimum Gasteiger partial charge on any atom is -0.371 e. The van der Waals surface area contributed by atoms with Gasteiger partial charge in [-0.15, -0.1) is 0 Å². The minimum atomic E-state index is 0.402. The van der Waals surface area contributed by atoms with E-state index in [2.05, 4.69) is 39.4 Å². The standard InChI is InChI=1S/C15H19N3O/c1-2-4-6-14-13(5-3-1)15(17-16-14)18-9-11-7-8-12(10-18)19-11/h1,3,5-6,11-12,16H,2,4,7-10H2/b3-1-,13-5+,14-6+. The molecule has 2 fully saturated rings. The molecule has 0 aromatic carbocycles. The van der Waals surface area contributed by atoms with E-state index in [1.54, 1.807) is 0 Å². The fourth-order valence-corrected chi connectivity index (χ4v) is 3.29. The molecule has 2 aliphatic heterocycles. The number of nitrogens with zero attached hydrogens (tertiary/aromatic N) is 2. The molecule has 2 saturated heterocycles. The summed E-state index contributed by atoms with van der Waals surface area (Å²) >= 11 is 0. The van der Waals surface area contributed by atoms with Crippen molar-refractivity contribution in [1.29, 1.82) is 0 Å². The third-order valence-corrected chi connectivity index (χ3v) is 4.24. The van der Waals surface area contributed by atoms with Gasteiger partial charge in [0.2, 0.25) is 0 Å². The lowest BCUT2D eigenvalue weighted by molar-refractivity contribution is 0.0302. The SMILES string of the molecule is C1=C\CC/C=c2/[nH]nc(N3CC4CCC(C3)O4)/c2=C/1. The van der Waals surface area contributed by atoms with Gasteiger partial charge >= 0.3 is 0 Å². The van der Waals surface area contributed by atoms with Gasteiger partial charge in [-0.05, 0) is 31.8 Å². The topological polar surface area (TPSA) is 41.2 Å². The van der Waals surface area contributed by atoms with Crippen LogP contribution in [-0.4, -0.2) is 35.5 Å². The number of morpholine rings is 1. The zero-order valence-electron chi connectivity index (χ0n) is 11.0. The average Bonchev–Trinajstić information content (AvgIpc) is 2.93. The smallest absolute Gasteiger partial charge is 0.158 e. The summed E-state index contributed by atoms with van der Waals surface area (Å²) in [4.78, 5) is 2.39. The Kier molecular flexibility index (Phi) is 2.69. The van der Waals surface area contributed by atoms with E-state index < -0.39 is 0 Å². The van der Waals surface area contributed by atoms with Crippen LogP contribution in [0.2, 0.25) is 0 Å². The summed E-state index contributed by atoms with van der Waals surface area (Å²) in [7, 11) is 0. The zero-order chi connectivity index (χ0) is 12.7. The van der Waals surface area contributed by atoms with Gasteiger partial charge in [-0.25, -0.2) is 0 Å². The van der Waals surface area contributed by atoms with Crippen LogP contribution < -0.4 is 15.5 Å². The molecule has 2 atom stereocenters. The number of aromatic nitrogens is 2. The lowest BCUT2D eigenvalue weighted by Gasteiger charge is -2.32. The second-order valence-corrected chi connectivity index (χ2v) is 5.61. The summed E-state index contributed by atoms with van der Waals surface area (Å²) < 4.78 is 5.90. The molecule has 3 aliphatic rings. The Bertz CT molecular complexity index is 604. The largest absolute Gasteiger partial charge is 0.371 e. The van der Waals surface area contributed by atoms with Crippen molar-refractivity contribution in [3.63, 3.8) is 0 Å². The maximum Gasteiger partial charge on any atom is 0.158 e. The second kappa shape index (κ2) is 4.53. The van der Waals surface area contributed by atoms with Gasteiger partial charge in [0.25, 0.3) is 0 Å². The van der Waals surface area contributed by atoms with E-state index in [-0.39, 0.29) is 0 Å². The first-order valence-electron chi connectivity index (χ1n) is 7.22. The van der Waals surface area contributed by atoms with Gasteiger partial charge < -0.3 is 9.64 Å². The summed E-state index contributed by atoms with van der Waals surface area (Å²) in [5.74, 6) is 1.10. The molecule has 0 amide bonds. The first-order chi connectivity index (χ1) is 9.40. The molecule has 4 nitrogen and oxygen atoms in total.